The summed E-state index contributed by atoms with van der Waals surface area (Å²) in [6.45, 7) is 0. The summed E-state index contributed by atoms with van der Waals surface area (Å²) in [6.07, 6.45) is 0.982. The summed E-state index contributed by atoms with van der Waals surface area (Å²) in [7, 11) is 5.20. The van der Waals surface area contributed by atoms with Crippen LogP contribution in [0, 0.1) is 0 Å². The van der Waals surface area contributed by atoms with Gasteiger partial charge in [0.25, 0.3) is 0 Å². The van der Waals surface area contributed by atoms with Crippen molar-refractivity contribution in [2.24, 2.45) is 7.05 Å². The summed E-state index contributed by atoms with van der Waals surface area (Å²) in [4.78, 5) is 37.2. The molecule has 3 aromatic rings. The van der Waals surface area contributed by atoms with Crippen molar-refractivity contribution in [2.75, 3.05) is 21.3 Å². The van der Waals surface area contributed by atoms with Crippen molar-refractivity contribution in [1.29, 1.82) is 0 Å². The smallest absolute Gasteiger partial charge is 0.342 e. The van der Waals surface area contributed by atoms with Crippen LogP contribution in [0.25, 0.3) is 22.3 Å². The number of nitrogens with zero attached hydrogens (tertiary/aromatic N) is 4. The fraction of sp³-hybridized carbons (Fsp3) is 0.211. The summed E-state index contributed by atoms with van der Waals surface area (Å²) in [5.41, 5.74) is 1.37. The van der Waals surface area contributed by atoms with Gasteiger partial charge in [-0.05, 0) is 16.0 Å². The van der Waals surface area contributed by atoms with Crippen LogP contribution in [0.2, 0.25) is 0 Å². The van der Waals surface area contributed by atoms with Crippen LogP contribution < -0.4 is 0 Å². The Kier molecular flexibility index (Phi) is 5.44. The number of methoxy groups -OCH3 is 3. The summed E-state index contributed by atoms with van der Waals surface area (Å²) in [6, 6.07) is 8.87. The standard InChI is InChI=1S/C19H18N4O6/c1-22-17-15(19(26)29-4)14(11-8-6-5-7-9-11)16(23(17)21-20-22)12(18(25)28-3)10-13(24)27-2/h5-10H,1-4H3/b12-10-. The van der Waals surface area contributed by atoms with Gasteiger partial charge in [-0.2, -0.15) is 4.52 Å². The molecular formula is C19H18N4O6. The van der Waals surface area contributed by atoms with E-state index in [0.29, 0.717) is 11.1 Å². The van der Waals surface area contributed by atoms with E-state index < -0.39 is 17.9 Å². The third-order valence-corrected chi connectivity index (χ3v) is 4.27. The number of benzene rings is 1. The van der Waals surface area contributed by atoms with Crippen LogP contribution in [0.15, 0.2) is 36.4 Å². The van der Waals surface area contributed by atoms with Gasteiger partial charge in [-0.15, -0.1) is 0 Å². The van der Waals surface area contributed by atoms with Gasteiger partial charge in [0.05, 0.1) is 32.6 Å². The molecule has 0 amide bonds. The number of rotatable bonds is 5. The first-order chi connectivity index (χ1) is 13.9. The number of tetrazole rings is 1. The van der Waals surface area contributed by atoms with E-state index in [0.717, 1.165) is 6.08 Å². The van der Waals surface area contributed by atoms with Crippen LogP contribution in [0.4, 0.5) is 0 Å². The number of hydrogen-bond donors (Lipinski definition) is 0. The first-order valence-corrected chi connectivity index (χ1v) is 8.41. The lowest BCUT2D eigenvalue weighted by molar-refractivity contribution is -0.136. The summed E-state index contributed by atoms with van der Waals surface area (Å²) < 4.78 is 17.2. The molecular weight excluding hydrogens is 380 g/mol. The molecule has 10 heteroatoms. The molecule has 0 radical (unpaired) electrons. The second-order valence-electron chi connectivity index (χ2n) is 5.87. The summed E-state index contributed by atoms with van der Waals surface area (Å²) >= 11 is 0. The molecule has 0 bridgehead atoms. The van der Waals surface area contributed by atoms with Crippen LogP contribution in [0.3, 0.4) is 0 Å². The van der Waals surface area contributed by atoms with E-state index in [1.165, 1.54) is 30.5 Å². The average molecular weight is 398 g/mol. The Hall–Kier alpha value is -3.95. The van der Waals surface area contributed by atoms with Crippen LogP contribution in [0.5, 0.6) is 0 Å². The number of aromatic nitrogens is 4. The Balaban J connectivity index is 2.51. The van der Waals surface area contributed by atoms with Crippen molar-refractivity contribution in [3.63, 3.8) is 0 Å². The SMILES string of the molecule is COC(=O)/C=C(\C(=O)OC)c1c(-c2ccccc2)c(C(=O)OC)c2n(C)nnn12. The number of carbonyl (C=O) groups is 3. The lowest BCUT2D eigenvalue weighted by Gasteiger charge is -2.09. The lowest BCUT2D eigenvalue weighted by Crippen LogP contribution is -2.11. The fourth-order valence-electron chi connectivity index (χ4n) is 3.02. The highest BCUT2D eigenvalue weighted by Gasteiger charge is 2.33. The molecule has 2 aromatic heterocycles. The second kappa shape index (κ2) is 7.97. The topological polar surface area (TPSA) is 114 Å². The zero-order valence-corrected chi connectivity index (χ0v) is 16.2. The van der Waals surface area contributed by atoms with Gasteiger partial charge >= 0.3 is 17.9 Å². The maximum atomic E-state index is 12.7. The Bertz CT molecular complexity index is 1130. The number of ether oxygens (including phenoxy) is 3. The molecule has 0 fully saturated rings. The first-order valence-electron chi connectivity index (χ1n) is 8.41. The van der Waals surface area contributed by atoms with Crippen molar-refractivity contribution in [1.82, 2.24) is 19.6 Å². The molecule has 29 heavy (non-hydrogen) atoms. The largest absolute Gasteiger partial charge is 0.466 e. The normalized spacial score (nSPS) is 11.4. The van der Waals surface area contributed by atoms with Gasteiger partial charge in [-0.25, -0.2) is 19.1 Å². The van der Waals surface area contributed by atoms with E-state index >= 15 is 0 Å². The molecule has 0 unspecified atom stereocenters. The van der Waals surface area contributed by atoms with E-state index in [-0.39, 0.29) is 22.5 Å². The van der Waals surface area contributed by atoms with Crippen LogP contribution in [-0.4, -0.2) is 58.9 Å². The molecule has 0 spiro atoms. The third-order valence-electron chi connectivity index (χ3n) is 4.27. The van der Waals surface area contributed by atoms with E-state index in [9.17, 15) is 14.4 Å². The first kappa shape index (κ1) is 19.8. The summed E-state index contributed by atoms with van der Waals surface area (Å²) in [5.74, 6) is -2.24. The van der Waals surface area contributed by atoms with Gasteiger partial charge in [0.15, 0.2) is 5.65 Å². The molecule has 0 aliphatic carbocycles. The van der Waals surface area contributed by atoms with Crippen molar-refractivity contribution < 1.29 is 28.6 Å². The van der Waals surface area contributed by atoms with Crippen molar-refractivity contribution in [3.8, 4) is 11.1 Å². The van der Waals surface area contributed by atoms with Crippen molar-refractivity contribution in [3.05, 3.63) is 47.7 Å². The number of esters is 3. The summed E-state index contributed by atoms with van der Waals surface area (Å²) in [5, 5.41) is 7.96. The van der Waals surface area contributed by atoms with E-state index in [4.69, 9.17) is 9.47 Å². The van der Waals surface area contributed by atoms with Crippen LogP contribution in [0.1, 0.15) is 16.1 Å². The highest BCUT2D eigenvalue weighted by molar-refractivity contribution is 6.23. The van der Waals surface area contributed by atoms with Crippen molar-refractivity contribution in [2.45, 2.75) is 0 Å². The zero-order chi connectivity index (χ0) is 21.1. The number of carbonyl (C=O) groups excluding carboxylic acids is 3. The second-order valence-corrected chi connectivity index (χ2v) is 5.87. The zero-order valence-electron chi connectivity index (χ0n) is 16.2. The Morgan fingerprint density at radius 3 is 2.24 bits per heavy atom. The van der Waals surface area contributed by atoms with Gasteiger partial charge in [0.2, 0.25) is 0 Å². The van der Waals surface area contributed by atoms with E-state index in [1.807, 2.05) is 6.07 Å². The maximum absolute atomic E-state index is 12.7. The molecule has 2 heterocycles. The minimum absolute atomic E-state index is 0.140. The van der Waals surface area contributed by atoms with Gasteiger partial charge in [-0.1, -0.05) is 30.3 Å². The van der Waals surface area contributed by atoms with Gasteiger partial charge < -0.3 is 14.2 Å². The molecule has 0 aliphatic rings. The van der Waals surface area contributed by atoms with Gasteiger partial charge in [0, 0.05) is 18.7 Å². The number of hydrogen-bond acceptors (Lipinski definition) is 8. The predicted molar refractivity (Wildman–Crippen MR) is 101 cm³/mol. The quantitative estimate of drug-likeness (QED) is 0.358. The van der Waals surface area contributed by atoms with E-state index in [1.54, 1.807) is 31.3 Å². The molecule has 150 valence electrons. The third kappa shape index (κ3) is 3.35. The maximum Gasteiger partial charge on any atom is 0.342 e. The average Bonchev–Trinajstić information content (AvgIpc) is 3.29. The number of aryl methyl sites for hydroxylation is 1. The molecule has 0 saturated carbocycles. The minimum atomic E-state index is -0.811. The van der Waals surface area contributed by atoms with E-state index in [2.05, 4.69) is 15.2 Å². The lowest BCUT2D eigenvalue weighted by atomic mass is 9.97. The predicted octanol–water partition coefficient (Wildman–Crippen LogP) is 1.25. The van der Waals surface area contributed by atoms with Crippen molar-refractivity contribution >= 4 is 29.1 Å². The molecule has 0 atom stereocenters. The molecule has 3 rings (SSSR count). The minimum Gasteiger partial charge on any atom is -0.466 e. The molecule has 0 saturated heterocycles. The fourth-order valence-corrected chi connectivity index (χ4v) is 3.02. The highest BCUT2D eigenvalue weighted by atomic mass is 16.5. The molecule has 0 N–H and O–H groups in total. The molecule has 10 nitrogen and oxygen atoms in total. The Labute approximate surface area is 165 Å². The monoisotopic (exact) mass is 398 g/mol. The molecule has 0 aliphatic heterocycles. The number of fused-ring (bicyclic) bond motifs is 1. The van der Waals surface area contributed by atoms with Crippen LogP contribution in [-0.2, 0) is 30.8 Å². The van der Waals surface area contributed by atoms with Gasteiger partial charge in [0.1, 0.15) is 5.56 Å². The Morgan fingerprint density at radius 2 is 1.66 bits per heavy atom. The Morgan fingerprint density at radius 1 is 0.966 bits per heavy atom. The van der Waals surface area contributed by atoms with Gasteiger partial charge in [-0.3, -0.25) is 0 Å². The van der Waals surface area contributed by atoms with Crippen LogP contribution >= 0.6 is 0 Å². The molecule has 1 aromatic carbocycles. The highest BCUT2D eigenvalue weighted by Crippen LogP contribution is 2.37.